The van der Waals surface area contributed by atoms with E-state index in [0.717, 1.165) is 11.1 Å². The van der Waals surface area contributed by atoms with Gasteiger partial charge in [-0.2, -0.15) is 0 Å². The van der Waals surface area contributed by atoms with Gasteiger partial charge in [0, 0.05) is 42.3 Å². The number of nitrogens with zero attached hydrogens (tertiary/aromatic N) is 4. The maximum atomic E-state index is 14.5. The van der Waals surface area contributed by atoms with Crippen molar-refractivity contribution in [2.45, 2.75) is 32.0 Å². The Balaban J connectivity index is 1.66. The molecule has 11 heteroatoms. The van der Waals surface area contributed by atoms with E-state index in [4.69, 9.17) is 37.7 Å². The molecule has 42 heavy (non-hydrogen) atoms. The van der Waals surface area contributed by atoms with Crippen molar-refractivity contribution in [3.63, 3.8) is 0 Å². The summed E-state index contributed by atoms with van der Waals surface area (Å²) in [5.74, 6) is 1.58. The number of carbonyl (C=O) groups excluding carboxylic acids is 1. The number of piperazine rings is 1. The zero-order chi connectivity index (χ0) is 30.0. The third kappa shape index (κ3) is 6.12. The number of rotatable bonds is 6. The van der Waals surface area contributed by atoms with E-state index in [1.807, 2.05) is 50.2 Å². The lowest BCUT2D eigenvalue weighted by atomic mass is 9.93. The Kier molecular flexibility index (Phi) is 8.80. The molecule has 220 valence electrons. The Labute approximate surface area is 254 Å². The highest BCUT2D eigenvalue weighted by atomic mass is 35.5. The molecule has 5 rings (SSSR count). The number of amidine groups is 1. The summed E-state index contributed by atoms with van der Waals surface area (Å²) < 4.78 is 11.7. The molecule has 2 aliphatic heterocycles. The summed E-state index contributed by atoms with van der Waals surface area (Å²) in [6.45, 7) is 4.81. The molecule has 0 bridgehead atoms. The van der Waals surface area contributed by atoms with Crippen molar-refractivity contribution >= 4 is 41.2 Å². The molecule has 1 fully saturated rings. The van der Waals surface area contributed by atoms with Crippen LogP contribution in [-0.4, -0.2) is 77.2 Å². The summed E-state index contributed by atoms with van der Waals surface area (Å²) >= 11 is 12.5. The Morgan fingerprint density at radius 3 is 2.00 bits per heavy atom. The van der Waals surface area contributed by atoms with Crippen LogP contribution in [0.4, 0.5) is 9.59 Å². The van der Waals surface area contributed by atoms with Crippen molar-refractivity contribution in [1.29, 1.82) is 0 Å². The summed E-state index contributed by atoms with van der Waals surface area (Å²) in [4.78, 5) is 35.9. The second-order valence-electron chi connectivity index (χ2n) is 10.4. The van der Waals surface area contributed by atoms with E-state index in [1.54, 1.807) is 47.2 Å². The van der Waals surface area contributed by atoms with Crippen LogP contribution in [0.1, 0.15) is 42.6 Å². The van der Waals surface area contributed by atoms with Gasteiger partial charge in [0.2, 0.25) is 0 Å². The number of methoxy groups -OCH3 is 1. The molecule has 0 saturated carbocycles. The normalized spacial score (nSPS) is 18.7. The number of hydrogen-bond donors (Lipinski definition) is 1. The van der Waals surface area contributed by atoms with Crippen LogP contribution in [-0.2, 0) is 0 Å². The molecule has 2 atom stereocenters. The fourth-order valence-corrected chi connectivity index (χ4v) is 5.51. The van der Waals surface area contributed by atoms with E-state index in [0.29, 0.717) is 32.9 Å². The molecule has 0 aromatic heterocycles. The molecular weight excluding hydrogens is 579 g/mol. The second-order valence-corrected chi connectivity index (χ2v) is 11.3. The Morgan fingerprint density at radius 2 is 1.45 bits per heavy atom. The van der Waals surface area contributed by atoms with Gasteiger partial charge in [-0.05, 0) is 61.4 Å². The lowest BCUT2D eigenvalue weighted by Gasteiger charge is -2.38. The monoisotopic (exact) mass is 610 g/mol. The van der Waals surface area contributed by atoms with Gasteiger partial charge in [0.15, 0.2) is 0 Å². The lowest BCUT2D eigenvalue weighted by Crippen LogP contribution is -2.55. The van der Waals surface area contributed by atoms with Crippen LogP contribution in [0.15, 0.2) is 71.7 Å². The first-order valence-corrected chi connectivity index (χ1v) is 14.4. The van der Waals surface area contributed by atoms with Gasteiger partial charge in [-0.3, -0.25) is 9.89 Å². The van der Waals surface area contributed by atoms with Crippen LogP contribution >= 0.6 is 23.2 Å². The molecule has 0 spiro atoms. The van der Waals surface area contributed by atoms with Crippen LogP contribution in [0.2, 0.25) is 10.0 Å². The number of urea groups is 1. The molecule has 2 unspecified atom stereocenters. The maximum Gasteiger partial charge on any atom is 0.407 e. The van der Waals surface area contributed by atoms with Gasteiger partial charge in [-0.1, -0.05) is 47.5 Å². The Morgan fingerprint density at radius 1 is 0.881 bits per heavy atom. The fourth-order valence-electron chi connectivity index (χ4n) is 5.26. The van der Waals surface area contributed by atoms with Crippen molar-refractivity contribution in [2.24, 2.45) is 4.99 Å². The number of halogens is 2. The second kappa shape index (κ2) is 12.5. The SMILES string of the molecule is COc1ccc(C2=NC(c3ccc(Cl)cc3)C(c3ccc(Cl)cc3)N2C(=O)N2CCN(C(=O)O)CC2)c(OC(C)C)c1. The maximum absolute atomic E-state index is 14.5. The Hall–Kier alpha value is -3.95. The van der Waals surface area contributed by atoms with Crippen molar-refractivity contribution in [2.75, 3.05) is 33.3 Å². The van der Waals surface area contributed by atoms with Crippen molar-refractivity contribution in [3.05, 3.63) is 93.5 Å². The molecule has 9 nitrogen and oxygen atoms in total. The van der Waals surface area contributed by atoms with E-state index >= 15 is 0 Å². The van der Waals surface area contributed by atoms with Gasteiger partial charge in [-0.25, -0.2) is 9.59 Å². The number of hydrogen-bond acceptors (Lipinski definition) is 5. The highest BCUT2D eigenvalue weighted by molar-refractivity contribution is 6.30. The van der Waals surface area contributed by atoms with Gasteiger partial charge in [-0.15, -0.1) is 0 Å². The molecule has 0 aliphatic carbocycles. The smallest absolute Gasteiger partial charge is 0.407 e. The molecule has 2 heterocycles. The summed E-state index contributed by atoms with van der Waals surface area (Å²) in [7, 11) is 1.58. The molecule has 1 N–H and O–H groups in total. The summed E-state index contributed by atoms with van der Waals surface area (Å²) in [6, 6.07) is 19.0. The summed E-state index contributed by atoms with van der Waals surface area (Å²) in [5, 5.41) is 10.6. The highest BCUT2D eigenvalue weighted by Gasteiger charge is 2.45. The van der Waals surface area contributed by atoms with Crippen LogP contribution in [0.25, 0.3) is 0 Å². The number of carbonyl (C=O) groups is 2. The fraction of sp³-hybridized carbons (Fsp3) is 0.323. The number of amides is 3. The lowest BCUT2D eigenvalue weighted by molar-refractivity contribution is 0.103. The first kappa shape index (κ1) is 29.5. The third-order valence-corrected chi connectivity index (χ3v) is 7.81. The van der Waals surface area contributed by atoms with Crippen molar-refractivity contribution in [1.82, 2.24) is 14.7 Å². The van der Waals surface area contributed by atoms with E-state index in [1.165, 1.54) is 4.90 Å². The van der Waals surface area contributed by atoms with E-state index in [9.17, 15) is 14.7 Å². The van der Waals surface area contributed by atoms with Gasteiger partial charge in [0.1, 0.15) is 23.4 Å². The average Bonchev–Trinajstić information content (AvgIpc) is 3.37. The predicted molar refractivity (Wildman–Crippen MR) is 162 cm³/mol. The molecule has 3 aromatic carbocycles. The van der Waals surface area contributed by atoms with Crippen LogP contribution in [0.3, 0.4) is 0 Å². The van der Waals surface area contributed by atoms with Crippen molar-refractivity contribution < 1.29 is 24.2 Å². The topological polar surface area (TPSA) is 94.9 Å². The molecular formula is C31H32Cl2N4O5. The summed E-state index contributed by atoms with van der Waals surface area (Å²) in [6.07, 6.45) is -1.15. The molecule has 3 aromatic rings. The van der Waals surface area contributed by atoms with E-state index in [2.05, 4.69) is 0 Å². The predicted octanol–water partition coefficient (Wildman–Crippen LogP) is 6.75. The van der Waals surface area contributed by atoms with Gasteiger partial charge < -0.3 is 24.4 Å². The average molecular weight is 612 g/mol. The Bertz CT molecular complexity index is 1470. The zero-order valence-corrected chi connectivity index (χ0v) is 25.0. The minimum absolute atomic E-state index is 0.148. The minimum atomic E-state index is -0.999. The molecule has 3 amide bonds. The number of benzene rings is 3. The largest absolute Gasteiger partial charge is 0.497 e. The quantitative estimate of drug-likeness (QED) is 0.333. The highest BCUT2D eigenvalue weighted by Crippen LogP contribution is 2.46. The first-order valence-electron chi connectivity index (χ1n) is 13.7. The number of ether oxygens (including phenoxy) is 2. The zero-order valence-electron chi connectivity index (χ0n) is 23.5. The van der Waals surface area contributed by atoms with Gasteiger partial charge >= 0.3 is 12.1 Å². The first-order chi connectivity index (χ1) is 20.2. The van der Waals surface area contributed by atoms with Crippen molar-refractivity contribution in [3.8, 4) is 11.5 Å². The van der Waals surface area contributed by atoms with Crippen LogP contribution < -0.4 is 9.47 Å². The standard InChI is InChI=1S/C31H32Cl2N4O5/c1-19(2)42-26-18-24(41-3)12-13-25(26)29-34-27(20-4-8-22(32)9-5-20)28(21-6-10-23(33)11-7-21)37(29)30(38)35-14-16-36(17-15-35)31(39)40/h4-13,18-19,27-28H,14-17H2,1-3H3,(H,39,40). The number of carboxylic acid groups (broad SMARTS) is 1. The van der Waals surface area contributed by atoms with Crippen LogP contribution in [0.5, 0.6) is 11.5 Å². The molecule has 1 saturated heterocycles. The number of aliphatic imine (C=N–C) groups is 1. The van der Waals surface area contributed by atoms with E-state index in [-0.39, 0.29) is 38.3 Å². The third-order valence-electron chi connectivity index (χ3n) is 7.31. The summed E-state index contributed by atoms with van der Waals surface area (Å²) in [5.41, 5.74) is 2.36. The molecule has 2 aliphatic rings. The van der Waals surface area contributed by atoms with Gasteiger partial charge in [0.25, 0.3) is 0 Å². The molecule has 0 radical (unpaired) electrons. The van der Waals surface area contributed by atoms with Crippen LogP contribution in [0, 0.1) is 0 Å². The van der Waals surface area contributed by atoms with Gasteiger partial charge in [0.05, 0.1) is 24.8 Å². The minimum Gasteiger partial charge on any atom is -0.497 e. The van der Waals surface area contributed by atoms with E-state index < -0.39 is 18.2 Å².